The van der Waals surface area contributed by atoms with Gasteiger partial charge >= 0.3 is 0 Å². The van der Waals surface area contributed by atoms with E-state index in [4.69, 9.17) is 4.79 Å². The molecule has 0 saturated heterocycles. The molecule has 0 atom stereocenters. The minimum atomic E-state index is 0.250. The van der Waals surface area contributed by atoms with E-state index in [0.29, 0.717) is 0 Å². The second-order valence-electron chi connectivity index (χ2n) is 4.27. The highest BCUT2D eigenvalue weighted by Gasteiger charge is 1.95. The van der Waals surface area contributed by atoms with Crippen LogP contribution >= 0.6 is 11.8 Å². The van der Waals surface area contributed by atoms with Gasteiger partial charge in [0.2, 0.25) is 6.41 Å². The molecule has 0 fully saturated rings. The molecule has 3 heteroatoms. The predicted molar refractivity (Wildman–Crippen MR) is 95.4 cm³/mol. The van der Waals surface area contributed by atoms with Gasteiger partial charge in [0.15, 0.2) is 0 Å². The highest BCUT2D eigenvalue weighted by Crippen LogP contribution is 2.12. The zero-order valence-corrected chi connectivity index (χ0v) is 13.4. The quantitative estimate of drug-likeness (QED) is 0.423. The van der Waals surface area contributed by atoms with Gasteiger partial charge in [0.25, 0.3) is 0 Å². The lowest BCUT2D eigenvalue weighted by atomic mass is 10.1. The van der Waals surface area contributed by atoms with Crippen LogP contribution in [-0.4, -0.2) is 17.9 Å². The van der Waals surface area contributed by atoms with E-state index < -0.39 is 0 Å². The molecule has 0 aliphatic rings. The van der Waals surface area contributed by atoms with E-state index >= 15 is 0 Å². The summed E-state index contributed by atoms with van der Waals surface area (Å²) in [7, 11) is 0. The van der Waals surface area contributed by atoms with Crippen molar-refractivity contribution in [1.29, 1.82) is 0 Å². The third kappa shape index (κ3) is 11.8. The summed E-state index contributed by atoms with van der Waals surface area (Å²) in [5.74, 6) is 2.40. The maximum Gasteiger partial charge on any atom is 0.204 e. The summed E-state index contributed by atoms with van der Waals surface area (Å²) in [6.07, 6.45) is 9.57. The Bertz CT molecular complexity index is 426. The molecule has 0 saturated carbocycles. The summed E-state index contributed by atoms with van der Waals surface area (Å²) >= 11 is 2.02. The molecule has 1 aromatic rings. The highest BCUT2D eigenvalue weighted by atomic mass is 32.2. The number of amides is 1. The molecule has 0 aromatic heterocycles. The molecule has 114 valence electrons. The summed E-state index contributed by atoms with van der Waals surface area (Å²) < 4.78 is 0. The number of thioether (sulfide) groups is 1. The minimum Gasteiger partial charge on any atom is -0.372 e. The standard InChI is InChI=1S/C17H22S.CH3NO/c1-3-9-16(4-2)13-15-18-14-8-12-17-10-6-5-7-11-17;2-1-3/h3-7,9-11H,1-2,8,12-15H2;1H,(H2,2,3)/b16-9+;. The monoisotopic (exact) mass is 303 g/mol. The van der Waals surface area contributed by atoms with Crippen LogP contribution in [0.3, 0.4) is 0 Å². The first-order valence-electron chi connectivity index (χ1n) is 6.99. The Hall–Kier alpha value is -1.74. The van der Waals surface area contributed by atoms with Gasteiger partial charge in [0, 0.05) is 0 Å². The van der Waals surface area contributed by atoms with Crippen LogP contribution in [0.15, 0.2) is 67.3 Å². The number of benzene rings is 1. The number of nitrogens with two attached hydrogens (primary N) is 1. The molecule has 0 heterocycles. The summed E-state index contributed by atoms with van der Waals surface area (Å²) in [6.45, 7) is 7.52. The number of allylic oxidation sites excluding steroid dienone is 4. The fourth-order valence-corrected chi connectivity index (χ4v) is 2.65. The second-order valence-corrected chi connectivity index (χ2v) is 5.49. The molecule has 0 aliphatic carbocycles. The van der Waals surface area contributed by atoms with Crippen molar-refractivity contribution in [3.8, 4) is 0 Å². The second kappa shape index (κ2) is 14.7. The Morgan fingerprint density at radius 1 is 1.19 bits per heavy atom. The maximum absolute atomic E-state index is 8.58. The lowest BCUT2D eigenvalue weighted by Crippen LogP contribution is -1.90. The first kappa shape index (κ1) is 19.3. The lowest BCUT2D eigenvalue weighted by Gasteiger charge is -2.03. The summed E-state index contributed by atoms with van der Waals surface area (Å²) in [5, 5.41) is 0. The smallest absolute Gasteiger partial charge is 0.204 e. The molecule has 1 rings (SSSR count). The van der Waals surface area contributed by atoms with Gasteiger partial charge < -0.3 is 5.73 Å². The normalized spacial score (nSPS) is 10.2. The molecule has 2 nitrogen and oxygen atoms in total. The van der Waals surface area contributed by atoms with Crippen molar-refractivity contribution in [2.24, 2.45) is 5.73 Å². The first-order valence-corrected chi connectivity index (χ1v) is 8.15. The van der Waals surface area contributed by atoms with Gasteiger partial charge in [0.1, 0.15) is 0 Å². The van der Waals surface area contributed by atoms with Gasteiger partial charge in [-0.3, -0.25) is 4.79 Å². The Morgan fingerprint density at radius 2 is 1.86 bits per heavy atom. The van der Waals surface area contributed by atoms with Crippen molar-refractivity contribution in [2.75, 3.05) is 11.5 Å². The van der Waals surface area contributed by atoms with Crippen LogP contribution < -0.4 is 5.73 Å². The number of primary amides is 1. The van der Waals surface area contributed by atoms with E-state index in [1.165, 1.54) is 35.5 Å². The number of aryl methyl sites for hydroxylation is 1. The van der Waals surface area contributed by atoms with Gasteiger partial charge in [-0.15, -0.1) is 0 Å². The van der Waals surface area contributed by atoms with Crippen molar-refractivity contribution < 1.29 is 4.79 Å². The van der Waals surface area contributed by atoms with Crippen LogP contribution in [0.25, 0.3) is 0 Å². The molecule has 0 unspecified atom stereocenters. The fourth-order valence-electron chi connectivity index (χ4n) is 1.72. The molecule has 1 aromatic carbocycles. The highest BCUT2D eigenvalue weighted by molar-refractivity contribution is 7.99. The Kier molecular flexibility index (Phi) is 13.4. The third-order valence-corrected chi connectivity index (χ3v) is 3.80. The predicted octanol–water partition coefficient (Wildman–Crippen LogP) is 4.14. The van der Waals surface area contributed by atoms with Crippen molar-refractivity contribution >= 4 is 18.2 Å². The lowest BCUT2D eigenvalue weighted by molar-refractivity contribution is -0.106. The van der Waals surface area contributed by atoms with Gasteiger partial charge in [-0.1, -0.05) is 61.7 Å². The number of rotatable bonds is 9. The van der Waals surface area contributed by atoms with Crippen molar-refractivity contribution in [3.05, 3.63) is 72.9 Å². The zero-order valence-electron chi connectivity index (χ0n) is 12.5. The SMILES string of the molecule is C=C/C=C(\C=C)CCSCCCc1ccccc1.NC=O. The Balaban J connectivity index is 0.00000122. The van der Waals surface area contributed by atoms with E-state index in [-0.39, 0.29) is 6.41 Å². The average Bonchev–Trinajstić information content (AvgIpc) is 2.51. The molecule has 21 heavy (non-hydrogen) atoms. The number of carbonyl (C=O) groups is 1. The maximum atomic E-state index is 8.58. The van der Waals surface area contributed by atoms with Crippen molar-refractivity contribution in [2.45, 2.75) is 19.3 Å². The van der Waals surface area contributed by atoms with E-state index in [2.05, 4.69) is 49.2 Å². The van der Waals surface area contributed by atoms with Gasteiger partial charge in [-0.2, -0.15) is 11.8 Å². The van der Waals surface area contributed by atoms with E-state index in [0.717, 1.165) is 6.42 Å². The van der Waals surface area contributed by atoms with Crippen LogP contribution in [0.4, 0.5) is 0 Å². The molecule has 1 amide bonds. The fraction of sp³-hybridized carbons (Fsp3) is 0.278. The molecule has 0 radical (unpaired) electrons. The molecule has 0 spiro atoms. The molecular formula is C18H25NOS. The Morgan fingerprint density at radius 3 is 2.43 bits per heavy atom. The van der Waals surface area contributed by atoms with E-state index in [1.54, 1.807) is 0 Å². The molecule has 0 aliphatic heterocycles. The number of hydrogen-bond donors (Lipinski definition) is 1. The van der Waals surface area contributed by atoms with Gasteiger partial charge in [-0.25, -0.2) is 0 Å². The van der Waals surface area contributed by atoms with E-state index in [9.17, 15) is 0 Å². The number of hydrogen-bond acceptors (Lipinski definition) is 2. The zero-order chi connectivity index (χ0) is 15.8. The van der Waals surface area contributed by atoms with Crippen LogP contribution in [0, 0.1) is 0 Å². The van der Waals surface area contributed by atoms with Crippen molar-refractivity contribution in [3.63, 3.8) is 0 Å². The average molecular weight is 303 g/mol. The van der Waals surface area contributed by atoms with Gasteiger partial charge in [0.05, 0.1) is 0 Å². The Labute approximate surface area is 132 Å². The summed E-state index contributed by atoms with van der Waals surface area (Å²) in [5.41, 5.74) is 6.89. The topological polar surface area (TPSA) is 43.1 Å². The van der Waals surface area contributed by atoms with Crippen LogP contribution in [-0.2, 0) is 11.2 Å². The first-order chi connectivity index (χ1) is 10.3. The largest absolute Gasteiger partial charge is 0.372 e. The molecular weight excluding hydrogens is 278 g/mol. The van der Waals surface area contributed by atoms with E-state index in [1.807, 2.05) is 30.0 Å². The third-order valence-electron chi connectivity index (χ3n) is 2.73. The minimum absolute atomic E-state index is 0.250. The van der Waals surface area contributed by atoms with Gasteiger partial charge in [-0.05, 0) is 41.9 Å². The number of carbonyl (C=O) groups excluding carboxylic acids is 1. The van der Waals surface area contributed by atoms with Crippen molar-refractivity contribution in [1.82, 2.24) is 0 Å². The summed E-state index contributed by atoms with van der Waals surface area (Å²) in [4.78, 5) is 8.58. The van der Waals surface area contributed by atoms with Crippen LogP contribution in [0.5, 0.6) is 0 Å². The summed E-state index contributed by atoms with van der Waals surface area (Å²) in [6, 6.07) is 10.7. The molecule has 0 bridgehead atoms. The van der Waals surface area contributed by atoms with Crippen LogP contribution in [0.1, 0.15) is 18.4 Å². The van der Waals surface area contributed by atoms with Crippen LogP contribution in [0.2, 0.25) is 0 Å². The molecule has 2 N–H and O–H groups in total.